The number of nitrogens with zero attached hydrogens (tertiary/aromatic N) is 2. The van der Waals surface area contributed by atoms with E-state index in [0.717, 1.165) is 43.4 Å². The highest BCUT2D eigenvalue weighted by Gasteiger charge is 2.18. The predicted octanol–water partition coefficient (Wildman–Crippen LogP) is 2.09. The van der Waals surface area contributed by atoms with Crippen molar-refractivity contribution in [2.45, 2.75) is 13.3 Å². The molecule has 0 aliphatic carbocycles. The maximum Gasteiger partial charge on any atom is 0.272 e. The normalized spacial score (nSPS) is 16.2. The molecule has 0 spiro atoms. The van der Waals surface area contributed by atoms with Gasteiger partial charge in [0.05, 0.1) is 0 Å². The monoisotopic (exact) mass is 265 g/mol. The van der Waals surface area contributed by atoms with Crippen LogP contribution in [0.2, 0.25) is 0 Å². The summed E-state index contributed by atoms with van der Waals surface area (Å²) in [4.78, 5) is 18.6. The Morgan fingerprint density at radius 3 is 3.17 bits per heavy atom. The fraction of sp³-hybridized carbons (Fsp3) is 0.538. The quantitative estimate of drug-likeness (QED) is 0.909. The summed E-state index contributed by atoms with van der Waals surface area (Å²) in [6.45, 7) is 4.50. The van der Waals surface area contributed by atoms with E-state index in [1.807, 2.05) is 35.7 Å². The molecule has 1 N–H and O–H groups in total. The van der Waals surface area contributed by atoms with Crippen molar-refractivity contribution in [1.82, 2.24) is 9.88 Å². The van der Waals surface area contributed by atoms with Gasteiger partial charge in [-0.05, 0) is 31.2 Å². The number of pyridine rings is 1. The molecule has 0 unspecified atom stereocenters. The first-order valence-electron chi connectivity index (χ1n) is 6.39. The Hall–Kier alpha value is -1.23. The minimum absolute atomic E-state index is 0.0530. The summed E-state index contributed by atoms with van der Waals surface area (Å²) in [5.74, 6) is 3.00. The SMILES string of the molecule is CCNc1cccc(C(=O)N2CCCSCC2)n1. The van der Waals surface area contributed by atoms with Crippen LogP contribution in [-0.2, 0) is 0 Å². The lowest BCUT2D eigenvalue weighted by Gasteiger charge is -2.19. The predicted molar refractivity (Wildman–Crippen MR) is 76.2 cm³/mol. The summed E-state index contributed by atoms with van der Waals surface area (Å²) >= 11 is 1.92. The van der Waals surface area contributed by atoms with Crippen LogP contribution in [0, 0.1) is 0 Å². The zero-order chi connectivity index (χ0) is 12.8. The Balaban J connectivity index is 2.09. The molecule has 0 aromatic carbocycles. The maximum atomic E-state index is 12.3. The van der Waals surface area contributed by atoms with Gasteiger partial charge in [-0.25, -0.2) is 4.98 Å². The highest BCUT2D eigenvalue weighted by Crippen LogP contribution is 2.13. The largest absolute Gasteiger partial charge is 0.370 e. The van der Waals surface area contributed by atoms with Gasteiger partial charge in [0.2, 0.25) is 0 Å². The third kappa shape index (κ3) is 3.38. The van der Waals surface area contributed by atoms with Gasteiger partial charge in [0.25, 0.3) is 5.91 Å². The molecule has 2 heterocycles. The summed E-state index contributed by atoms with van der Waals surface area (Å²) in [6.07, 6.45) is 1.07. The molecule has 0 saturated carbocycles. The number of hydrogen-bond acceptors (Lipinski definition) is 4. The molecule has 4 nitrogen and oxygen atoms in total. The van der Waals surface area contributed by atoms with E-state index in [1.54, 1.807) is 6.07 Å². The van der Waals surface area contributed by atoms with Crippen molar-refractivity contribution in [2.24, 2.45) is 0 Å². The van der Waals surface area contributed by atoms with E-state index in [9.17, 15) is 4.79 Å². The molecule has 5 heteroatoms. The molecule has 0 atom stereocenters. The van der Waals surface area contributed by atoms with Gasteiger partial charge >= 0.3 is 0 Å². The second-order valence-corrected chi connectivity index (χ2v) is 5.42. The summed E-state index contributed by atoms with van der Waals surface area (Å²) in [5, 5.41) is 3.13. The Morgan fingerprint density at radius 1 is 1.44 bits per heavy atom. The third-order valence-corrected chi connectivity index (χ3v) is 3.88. The first kappa shape index (κ1) is 13.2. The zero-order valence-corrected chi connectivity index (χ0v) is 11.5. The van der Waals surface area contributed by atoms with Crippen molar-refractivity contribution in [3.05, 3.63) is 23.9 Å². The summed E-state index contributed by atoms with van der Waals surface area (Å²) in [6, 6.07) is 5.56. The molecular weight excluding hydrogens is 246 g/mol. The van der Waals surface area contributed by atoms with E-state index in [2.05, 4.69) is 10.3 Å². The van der Waals surface area contributed by atoms with Gasteiger partial charge in [-0.3, -0.25) is 4.79 Å². The highest BCUT2D eigenvalue weighted by atomic mass is 32.2. The van der Waals surface area contributed by atoms with Gasteiger partial charge in [-0.1, -0.05) is 6.07 Å². The van der Waals surface area contributed by atoms with Crippen LogP contribution < -0.4 is 5.32 Å². The average Bonchev–Trinajstić information content (AvgIpc) is 2.67. The number of carbonyl (C=O) groups excluding carboxylic acids is 1. The number of anilines is 1. The van der Waals surface area contributed by atoms with Gasteiger partial charge in [0, 0.05) is 25.4 Å². The Morgan fingerprint density at radius 2 is 2.33 bits per heavy atom. The van der Waals surface area contributed by atoms with Gasteiger partial charge in [-0.2, -0.15) is 11.8 Å². The van der Waals surface area contributed by atoms with Crippen molar-refractivity contribution in [3.8, 4) is 0 Å². The molecule has 2 rings (SSSR count). The van der Waals surface area contributed by atoms with E-state index in [-0.39, 0.29) is 5.91 Å². The number of nitrogens with one attached hydrogen (secondary N) is 1. The lowest BCUT2D eigenvalue weighted by molar-refractivity contribution is 0.0763. The topological polar surface area (TPSA) is 45.2 Å². The van der Waals surface area contributed by atoms with E-state index in [4.69, 9.17) is 0 Å². The van der Waals surface area contributed by atoms with Crippen LogP contribution in [0.4, 0.5) is 5.82 Å². The molecule has 1 aromatic rings. The number of carbonyl (C=O) groups is 1. The average molecular weight is 265 g/mol. The van der Waals surface area contributed by atoms with Crippen LogP contribution in [0.15, 0.2) is 18.2 Å². The number of hydrogen-bond donors (Lipinski definition) is 1. The van der Waals surface area contributed by atoms with Gasteiger partial charge in [-0.15, -0.1) is 0 Å². The third-order valence-electron chi connectivity index (χ3n) is 2.84. The minimum Gasteiger partial charge on any atom is -0.370 e. The van der Waals surface area contributed by atoms with Crippen molar-refractivity contribution in [2.75, 3.05) is 36.5 Å². The fourth-order valence-electron chi connectivity index (χ4n) is 1.94. The summed E-state index contributed by atoms with van der Waals surface area (Å²) in [7, 11) is 0. The van der Waals surface area contributed by atoms with E-state index >= 15 is 0 Å². The van der Waals surface area contributed by atoms with Crippen molar-refractivity contribution >= 4 is 23.5 Å². The van der Waals surface area contributed by atoms with Crippen molar-refractivity contribution in [3.63, 3.8) is 0 Å². The molecule has 1 aromatic heterocycles. The van der Waals surface area contributed by atoms with E-state index < -0.39 is 0 Å². The van der Waals surface area contributed by atoms with Crippen LogP contribution in [0.5, 0.6) is 0 Å². The second kappa shape index (κ2) is 6.64. The van der Waals surface area contributed by atoms with Crippen LogP contribution in [0.25, 0.3) is 0 Å². The number of rotatable bonds is 3. The molecule has 1 saturated heterocycles. The van der Waals surface area contributed by atoms with Gasteiger partial charge < -0.3 is 10.2 Å². The lowest BCUT2D eigenvalue weighted by atomic mass is 10.3. The number of thioether (sulfide) groups is 1. The number of amides is 1. The van der Waals surface area contributed by atoms with Crippen molar-refractivity contribution in [1.29, 1.82) is 0 Å². The molecular formula is C13H19N3OS. The van der Waals surface area contributed by atoms with Crippen LogP contribution in [0.1, 0.15) is 23.8 Å². The lowest BCUT2D eigenvalue weighted by Crippen LogP contribution is -2.33. The molecule has 1 aliphatic rings. The Kier molecular flexibility index (Phi) is 4.87. The van der Waals surface area contributed by atoms with Crippen LogP contribution in [0.3, 0.4) is 0 Å². The number of aromatic nitrogens is 1. The molecule has 0 radical (unpaired) electrons. The van der Waals surface area contributed by atoms with Gasteiger partial charge in [0.1, 0.15) is 11.5 Å². The summed E-state index contributed by atoms with van der Waals surface area (Å²) < 4.78 is 0. The molecule has 98 valence electrons. The van der Waals surface area contributed by atoms with Crippen molar-refractivity contribution < 1.29 is 4.79 Å². The van der Waals surface area contributed by atoms with Crippen LogP contribution in [-0.4, -0.2) is 46.9 Å². The Labute approximate surface area is 112 Å². The van der Waals surface area contributed by atoms with Crippen LogP contribution >= 0.6 is 11.8 Å². The first-order chi connectivity index (χ1) is 8.81. The zero-order valence-electron chi connectivity index (χ0n) is 10.7. The summed E-state index contributed by atoms with van der Waals surface area (Å²) in [5.41, 5.74) is 0.542. The maximum absolute atomic E-state index is 12.3. The molecule has 1 aliphatic heterocycles. The first-order valence-corrected chi connectivity index (χ1v) is 7.54. The molecule has 1 fully saturated rings. The second-order valence-electron chi connectivity index (χ2n) is 4.20. The van der Waals surface area contributed by atoms with E-state index in [0.29, 0.717) is 5.69 Å². The molecule has 0 bridgehead atoms. The minimum atomic E-state index is 0.0530. The molecule has 1 amide bonds. The highest BCUT2D eigenvalue weighted by molar-refractivity contribution is 7.99. The molecule has 18 heavy (non-hydrogen) atoms. The Bertz CT molecular complexity index is 403. The smallest absolute Gasteiger partial charge is 0.272 e. The standard InChI is InChI=1S/C13H19N3OS/c1-2-14-12-6-3-5-11(15-12)13(17)16-7-4-9-18-10-8-16/h3,5-6H,2,4,7-10H2,1H3,(H,14,15). The van der Waals surface area contributed by atoms with Gasteiger partial charge in [0.15, 0.2) is 0 Å². The van der Waals surface area contributed by atoms with E-state index in [1.165, 1.54) is 0 Å². The fourth-order valence-corrected chi connectivity index (χ4v) is 2.83.